The topological polar surface area (TPSA) is 47.0 Å². The summed E-state index contributed by atoms with van der Waals surface area (Å²) in [6.07, 6.45) is 0.879. The van der Waals surface area contributed by atoms with Crippen molar-refractivity contribution in [2.24, 2.45) is 5.92 Å². The Hall–Kier alpha value is -1.16. The van der Waals surface area contributed by atoms with E-state index in [4.69, 9.17) is 9.72 Å². The minimum absolute atomic E-state index is 0.0340. The van der Waals surface area contributed by atoms with Crippen LogP contribution in [0, 0.1) is 12.8 Å². The van der Waals surface area contributed by atoms with Crippen molar-refractivity contribution in [3.63, 3.8) is 0 Å². The van der Waals surface area contributed by atoms with E-state index in [1.807, 2.05) is 6.92 Å². The molecule has 1 heterocycles. The van der Waals surface area contributed by atoms with Crippen LogP contribution in [-0.4, -0.2) is 23.1 Å². The van der Waals surface area contributed by atoms with Crippen molar-refractivity contribution in [1.82, 2.24) is 9.97 Å². The first-order chi connectivity index (χ1) is 9.04. The van der Waals surface area contributed by atoms with Crippen LogP contribution in [0.4, 0.5) is 5.82 Å². The van der Waals surface area contributed by atoms with Crippen molar-refractivity contribution in [3.05, 3.63) is 17.1 Å². The van der Waals surface area contributed by atoms with E-state index in [-0.39, 0.29) is 6.10 Å². The smallest absolute Gasteiger partial charge is 0.160 e. The Kier molecular flexibility index (Phi) is 6.22. The number of aryl methyl sites for hydroxylation is 1. The van der Waals surface area contributed by atoms with Crippen molar-refractivity contribution in [2.45, 2.75) is 54.1 Å². The van der Waals surface area contributed by atoms with Crippen LogP contribution in [0.25, 0.3) is 0 Å². The zero-order chi connectivity index (χ0) is 14.4. The first-order valence-corrected chi connectivity index (χ1v) is 7.27. The monoisotopic (exact) mass is 265 g/mol. The van der Waals surface area contributed by atoms with Gasteiger partial charge in [0.1, 0.15) is 11.9 Å². The summed E-state index contributed by atoms with van der Waals surface area (Å²) in [4.78, 5) is 9.36. The third-order valence-electron chi connectivity index (χ3n) is 3.15. The van der Waals surface area contributed by atoms with Crippen LogP contribution >= 0.6 is 0 Å². The highest BCUT2D eigenvalue weighted by Gasteiger charge is 2.21. The molecule has 1 unspecified atom stereocenters. The molecule has 0 amide bonds. The van der Waals surface area contributed by atoms with E-state index in [0.29, 0.717) is 12.5 Å². The third-order valence-corrected chi connectivity index (χ3v) is 3.15. The summed E-state index contributed by atoms with van der Waals surface area (Å²) in [6.45, 7) is 14.1. The van der Waals surface area contributed by atoms with Crippen LogP contribution in [0.5, 0.6) is 0 Å². The van der Waals surface area contributed by atoms with E-state index >= 15 is 0 Å². The van der Waals surface area contributed by atoms with Gasteiger partial charge in [-0.1, -0.05) is 20.8 Å². The van der Waals surface area contributed by atoms with E-state index in [1.165, 1.54) is 0 Å². The maximum Gasteiger partial charge on any atom is 0.160 e. The summed E-state index contributed by atoms with van der Waals surface area (Å²) in [5, 5.41) is 3.32. The van der Waals surface area contributed by atoms with Crippen molar-refractivity contribution in [2.75, 3.05) is 18.5 Å². The van der Waals surface area contributed by atoms with Crippen molar-refractivity contribution >= 4 is 5.82 Å². The molecule has 4 heteroatoms. The summed E-state index contributed by atoms with van der Waals surface area (Å²) in [6, 6.07) is 0. The number of aromatic nitrogens is 2. The number of hydrogen-bond donors (Lipinski definition) is 1. The van der Waals surface area contributed by atoms with Crippen LogP contribution in [0.3, 0.4) is 0 Å². The Morgan fingerprint density at radius 3 is 2.32 bits per heavy atom. The van der Waals surface area contributed by atoms with Crippen molar-refractivity contribution in [1.29, 1.82) is 0 Å². The van der Waals surface area contributed by atoms with E-state index in [2.05, 4.69) is 44.9 Å². The van der Waals surface area contributed by atoms with Gasteiger partial charge < -0.3 is 10.1 Å². The Balaban J connectivity index is 3.21. The zero-order valence-electron chi connectivity index (χ0n) is 13.1. The molecule has 4 nitrogen and oxygen atoms in total. The molecule has 0 saturated heterocycles. The summed E-state index contributed by atoms with van der Waals surface area (Å²) >= 11 is 0. The molecule has 0 radical (unpaired) electrons. The molecule has 0 aliphatic rings. The first-order valence-electron chi connectivity index (χ1n) is 7.27. The Morgan fingerprint density at radius 2 is 1.84 bits per heavy atom. The van der Waals surface area contributed by atoms with Crippen LogP contribution in [0.15, 0.2) is 0 Å². The third kappa shape index (κ3) is 3.90. The number of rotatable bonds is 7. The Morgan fingerprint density at radius 1 is 1.16 bits per heavy atom. The summed E-state index contributed by atoms with van der Waals surface area (Å²) in [5.41, 5.74) is 2.25. The lowest BCUT2D eigenvalue weighted by Crippen LogP contribution is -2.18. The number of ether oxygens (including phenoxy) is 1. The highest BCUT2D eigenvalue weighted by atomic mass is 16.5. The standard InChI is InChI=1S/C15H27N3O/c1-7-12-11(6)14(16-8-2)18-15(17-12)13(10(4)5)19-9-3/h10,13H,7-9H2,1-6H3,(H,16,17,18). The molecular formula is C15H27N3O. The number of anilines is 1. The van der Waals surface area contributed by atoms with E-state index in [1.54, 1.807) is 0 Å². The second kappa shape index (κ2) is 7.43. The van der Waals surface area contributed by atoms with Gasteiger partial charge in [-0.15, -0.1) is 0 Å². The zero-order valence-corrected chi connectivity index (χ0v) is 13.1. The SMILES string of the molecule is CCNc1nc(C(OCC)C(C)C)nc(CC)c1C. The van der Waals surface area contributed by atoms with Crippen LogP contribution in [0.2, 0.25) is 0 Å². The maximum atomic E-state index is 5.81. The largest absolute Gasteiger partial charge is 0.370 e. The molecule has 1 atom stereocenters. The molecule has 1 rings (SSSR count). The first kappa shape index (κ1) is 15.9. The van der Waals surface area contributed by atoms with Gasteiger partial charge in [0.25, 0.3) is 0 Å². The van der Waals surface area contributed by atoms with Gasteiger partial charge in [0.05, 0.1) is 0 Å². The average Bonchev–Trinajstić information content (AvgIpc) is 2.38. The molecule has 19 heavy (non-hydrogen) atoms. The summed E-state index contributed by atoms with van der Waals surface area (Å²) in [7, 11) is 0. The fourth-order valence-electron chi connectivity index (χ4n) is 2.14. The molecule has 0 aliphatic heterocycles. The maximum absolute atomic E-state index is 5.81. The molecule has 0 aromatic carbocycles. The second-order valence-corrected chi connectivity index (χ2v) is 5.01. The molecule has 1 N–H and O–H groups in total. The lowest BCUT2D eigenvalue weighted by molar-refractivity contribution is 0.0231. The molecule has 0 saturated carbocycles. The second-order valence-electron chi connectivity index (χ2n) is 5.01. The van der Waals surface area contributed by atoms with Gasteiger partial charge in [0, 0.05) is 24.4 Å². The average molecular weight is 265 g/mol. The fraction of sp³-hybridized carbons (Fsp3) is 0.733. The van der Waals surface area contributed by atoms with Gasteiger partial charge in [0.15, 0.2) is 5.82 Å². The van der Waals surface area contributed by atoms with Crippen LogP contribution < -0.4 is 5.32 Å². The molecule has 1 aromatic rings. The quantitative estimate of drug-likeness (QED) is 0.819. The molecule has 0 fully saturated rings. The minimum Gasteiger partial charge on any atom is -0.370 e. The van der Waals surface area contributed by atoms with Crippen molar-refractivity contribution < 1.29 is 4.74 Å². The van der Waals surface area contributed by atoms with Gasteiger partial charge in [-0.25, -0.2) is 9.97 Å². The molecule has 0 spiro atoms. The van der Waals surface area contributed by atoms with Gasteiger partial charge in [-0.05, 0) is 33.1 Å². The van der Waals surface area contributed by atoms with Gasteiger partial charge in [-0.2, -0.15) is 0 Å². The van der Waals surface area contributed by atoms with Gasteiger partial charge in [-0.3, -0.25) is 0 Å². The van der Waals surface area contributed by atoms with E-state index in [9.17, 15) is 0 Å². The summed E-state index contributed by atoms with van der Waals surface area (Å²) < 4.78 is 5.81. The molecule has 0 bridgehead atoms. The lowest BCUT2D eigenvalue weighted by Gasteiger charge is -2.21. The molecular weight excluding hydrogens is 238 g/mol. The molecule has 0 aliphatic carbocycles. The van der Waals surface area contributed by atoms with Crippen molar-refractivity contribution in [3.8, 4) is 0 Å². The van der Waals surface area contributed by atoms with Crippen LogP contribution in [0.1, 0.15) is 57.8 Å². The lowest BCUT2D eigenvalue weighted by atomic mass is 10.1. The Bertz CT molecular complexity index is 405. The van der Waals surface area contributed by atoms with Crippen LogP contribution in [-0.2, 0) is 11.2 Å². The van der Waals surface area contributed by atoms with E-state index < -0.39 is 0 Å². The summed E-state index contributed by atoms with van der Waals surface area (Å²) in [5.74, 6) is 2.10. The minimum atomic E-state index is -0.0340. The number of hydrogen-bond acceptors (Lipinski definition) is 4. The fourth-order valence-corrected chi connectivity index (χ4v) is 2.14. The highest BCUT2D eigenvalue weighted by Crippen LogP contribution is 2.26. The molecule has 108 valence electrons. The van der Waals surface area contributed by atoms with Gasteiger partial charge in [0.2, 0.25) is 0 Å². The van der Waals surface area contributed by atoms with Gasteiger partial charge >= 0.3 is 0 Å². The Labute approximate surface area is 117 Å². The normalized spacial score (nSPS) is 12.8. The number of nitrogens with one attached hydrogen (secondary N) is 1. The predicted molar refractivity (Wildman–Crippen MR) is 79.5 cm³/mol. The predicted octanol–water partition coefficient (Wildman–Crippen LogP) is 3.51. The number of nitrogens with zero attached hydrogens (tertiary/aromatic N) is 2. The highest BCUT2D eigenvalue weighted by molar-refractivity contribution is 5.46. The molecule has 1 aromatic heterocycles. The van der Waals surface area contributed by atoms with E-state index in [0.717, 1.165) is 35.9 Å².